The Hall–Kier alpha value is -1.15. The van der Waals surface area contributed by atoms with Crippen molar-refractivity contribution in [3.8, 4) is 0 Å². The van der Waals surface area contributed by atoms with Crippen LogP contribution in [0.15, 0.2) is 24.3 Å². The number of benzene rings is 1. The van der Waals surface area contributed by atoms with Gasteiger partial charge in [-0.2, -0.15) is 0 Å². The van der Waals surface area contributed by atoms with Gasteiger partial charge < -0.3 is 5.11 Å². The van der Waals surface area contributed by atoms with E-state index >= 15 is 0 Å². The molecule has 0 radical (unpaired) electrons. The topological polar surface area (TPSA) is 37.3 Å². The fourth-order valence-electron chi connectivity index (χ4n) is 2.20. The summed E-state index contributed by atoms with van der Waals surface area (Å²) in [4.78, 5) is 11.3. The highest BCUT2D eigenvalue weighted by molar-refractivity contribution is 5.80. The summed E-state index contributed by atoms with van der Waals surface area (Å²) in [6.07, 6.45) is 3.58. The highest BCUT2D eigenvalue weighted by atomic mass is 16.3. The third-order valence-electron chi connectivity index (χ3n) is 3.12. The maximum Gasteiger partial charge on any atom is 0.133 e. The van der Waals surface area contributed by atoms with Gasteiger partial charge in [0.2, 0.25) is 0 Å². The van der Waals surface area contributed by atoms with Crippen LogP contribution in [0.2, 0.25) is 0 Å². The fourth-order valence-corrected chi connectivity index (χ4v) is 2.20. The molecule has 0 spiro atoms. The minimum Gasteiger partial charge on any atom is -0.392 e. The predicted octanol–water partition coefficient (Wildman–Crippen LogP) is 2.41. The zero-order valence-electron chi connectivity index (χ0n) is 8.78. The van der Waals surface area contributed by atoms with Crippen LogP contribution in [0.5, 0.6) is 0 Å². The molecule has 15 heavy (non-hydrogen) atoms. The summed E-state index contributed by atoms with van der Waals surface area (Å²) in [5.41, 5.74) is 2.17. The average Bonchev–Trinajstić information content (AvgIpc) is 2.29. The van der Waals surface area contributed by atoms with Crippen molar-refractivity contribution in [2.24, 2.45) is 0 Å². The number of carbonyl (C=O) groups is 1. The minimum absolute atomic E-state index is 0.0872. The molecule has 0 saturated heterocycles. The molecule has 2 heteroatoms. The molecule has 1 aliphatic rings. The number of aliphatic hydroxyl groups is 1. The van der Waals surface area contributed by atoms with Gasteiger partial charge in [-0.05, 0) is 29.9 Å². The zero-order valence-corrected chi connectivity index (χ0v) is 8.78. The van der Waals surface area contributed by atoms with Crippen molar-refractivity contribution in [2.45, 2.75) is 38.2 Å². The van der Waals surface area contributed by atoms with Gasteiger partial charge in [-0.3, -0.25) is 4.79 Å². The van der Waals surface area contributed by atoms with Crippen LogP contribution >= 0.6 is 0 Å². The SMILES string of the molecule is O=C1CCC[C@H](c2ccc(CO)cc2)C1. The summed E-state index contributed by atoms with van der Waals surface area (Å²) in [6, 6.07) is 7.95. The first-order chi connectivity index (χ1) is 7.29. The molecule has 1 saturated carbocycles. The largest absolute Gasteiger partial charge is 0.392 e. The van der Waals surface area contributed by atoms with Gasteiger partial charge in [0, 0.05) is 12.8 Å². The third kappa shape index (κ3) is 2.45. The van der Waals surface area contributed by atoms with Crippen molar-refractivity contribution in [3.63, 3.8) is 0 Å². The molecule has 1 N–H and O–H groups in total. The number of carbonyl (C=O) groups excluding carboxylic acids is 1. The van der Waals surface area contributed by atoms with E-state index in [0.29, 0.717) is 18.1 Å². The molecule has 0 bridgehead atoms. The molecule has 1 aromatic carbocycles. The first kappa shape index (κ1) is 10.4. The van der Waals surface area contributed by atoms with E-state index in [1.807, 2.05) is 24.3 Å². The van der Waals surface area contributed by atoms with Crippen LogP contribution in [0.25, 0.3) is 0 Å². The Morgan fingerprint density at radius 2 is 2.00 bits per heavy atom. The Bertz CT molecular complexity index is 340. The standard InChI is InChI=1S/C13H16O2/c14-9-10-4-6-11(7-5-10)12-2-1-3-13(15)8-12/h4-7,12,14H,1-3,8-9H2/t12-/m0/s1. The van der Waals surface area contributed by atoms with Gasteiger partial charge in [0.05, 0.1) is 6.61 Å². The number of hydrogen-bond donors (Lipinski definition) is 1. The zero-order chi connectivity index (χ0) is 10.7. The van der Waals surface area contributed by atoms with Crippen molar-refractivity contribution in [2.75, 3.05) is 0 Å². The molecule has 1 aliphatic carbocycles. The molecule has 2 rings (SSSR count). The van der Waals surface area contributed by atoms with Crippen molar-refractivity contribution in [1.29, 1.82) is 0 Å². The second-order valence-electron chi connectivity index (χ2n) is 4.23. The van der Waals surface area contributed by atoms with Crippen LogP contribution in [0, 0.1) is 0 Å². The molecule has 0 heterocycles. The predicted molar refractivity (Wildman–Crippen MR) is 58.6 cm³/mol. The quantitative estimate of drug-likeness (QED) is 0.803. The number of ketones is 1. The lowest BCUT2D eigenvalue weighted by Crippen LogP contribution is -2.13. The highest BCUT2D eigenvalue weighted by Gasteiger charge is 2.20. The van der Waals surface area contributed by atoms with Crippen molar-refractivity contribution in [1.82, 2.24) is 0 Å². The first-order valence-corrected chi connectivity index (χ1v) is 5.51. The Morgan fingerprint density at radius 1 is 1.27 bits per heavy atom. The van der Waals surface area contributed by atoms with Gasteiger partial charge in [-0.1, -0.05) is 24.3 Å². The number of aliphatic hydroxyl groups excluding tert-OH is 1. The molecule has 1 fully saturated rings. The molecular formula is C13H16O2. The number of hydrogen-bond acceptors (Lipinski definition) is 2. The lowest BCUT2D eigenvalue weighted by molar-refractivity contribution is -0.120. The normalized spacial score (nSPS) is 21.7. The van der Waals surface area contributed by atoms with Crippen LogP contribution in [-0.2, 0) is 11.4 Å². The van der Waals surface area contributed by atoms with Crippen molar-refractivity contribution >= 4 is 5.78 Å². The first-order valence-electron chi connectivity index (χ1n) is 5.51. The summed E-state index contributed by atoms with van der Waals surface area (Å²) in [5, 5.41) is 8.93. The van der Waals surface area contributed by atoms with E-state index in [0.717, 1.165) is 24.8 Å². The second-order valence-corrected chi connectivity index (χ2v) is 4.23. The van der Waals surface area contributed by atoms with Crippen LogP contribution in [0.1, 0.15) is 42.7 Å². The van der Waals surface area contributed by atoms with Gasteiger partial charge in [0.1, 0.15) is 5.78 Å². The second kappa shape index (κ2) is 4.58. The lowest BCUT2D eigenvalue weighted by atomic mass is 9.83. The van der Waals surface area contributed by atoms with E-state index in [-0.39, 0.29) is 6.61 Å². The minimum atomic E-state index is 0.0872. The maximum absolute atomic E-state index is 11.3. The lowest BCUT2D eigenvalue weighted by Gasteiger charge is -2.21. The Morgan fingerprint density at radius 3 is 2.60 bits per heavy atom. The van der Waals surface area contributed by atoms with Gasteiger partial charge in [0.15, 0.2) is 0 Å². The third-order valence-corrected chi connectivity index (χ3v) is 3.12. The highest BCUT2D eigenvalue weighted by Crippen LogP contribution is 2.30. The van der Waals surface area contributed by atoms with Crippen LogP contribution in [0.3, 0.4) is 0 Å². The van der Waals surface area contributed by atoms with Gasteiger partial charge in [-0.15, -0.1) is 0 Å². The molecule has 80 valence electrons. The summed E-state index contributed by atoms with van der Waals surface area (Å²) in [7, 11) is 0. The van der Waals surface area contributed by atoms with E-state index in [4.69, 9.17) is 5.11 Å². The molecule has 1 atom stereocenters. The number of Topliss-reactive ketones (excluding diaryl/α,β-unsaturated/α-hetero) is 1. The van der Waals surface area contributed by atoms with Crippen molar-refractivity contribution < 1.29 is 9.90 Å². The molecule has 1 aromatic rings. The molecule has 0 aliphatic heterocycles. The molecule has 0 unspecified atom stereocenters. The Labute approximate surface area is 89.9 Å². The summed E-state index contributed by atoms with van der Waals surface area (Å²) >= 11 is 0. The fraction of sp³-hybridized carbons (Fsp3) is 0.462. The van der Waals surface area contributed by atoms with Gasteiger partial charge in [0.25, 0.3) is 0 Å². The van der Waals surface area contributed by atoms with Gasteiger partial charge in [-0.25, -0.2) is 0 Å². The molecule has 0 amide bonds. The van der Waals surface area contributed by atoms with Crippen LogP contribution < -0.4 is 0 Å². The Kier molecular flexibility index (Phi) is 3.17. The van der Waals surface area contributed by atoms with Gasteiger partial charge >= 0.3 is 0 Å². The van der Waals surface area contributed by atoms with E-state index in [1.54, 1.807) is 0 Å². The molecular weight excluding hydrogens is 188 g/mol. The van der Waals surface area contributed by atoms with E-state index in [2.05, 4.69) is 0 Å². The smallest absolute Gasteiger partial charge is 0.133 e. The van der Waals surface area contributed by atoms with Crippen LogP contribution in [-0.4, -0.2) is 10.9 Å². The Balaban J connectivity index is 2.11. The summed E-state index contributed by atoms with van der Waals surface area (Å²) in [6.45, 7) is 0.0872. The van der Waals surface area contributed by atoms with E-state index in [9.17, 15) is 4.79 Å². The molecule has 0 aromatic heterocycles. The monoisotopic (exact) mass is 204 g/mol. The number of rotatable bonds is 2. The molecule has 2 nitrogen and oxygen atoms in total. The maximum atomic E-state index is 11.3. The van der Waals surface area contributed by atoms with Crippen molar-refractivity contribution in [3.05, 3.63) is 35.4 Å². The summed E-state index contributed by atoms with van der Waals surface area (Å²) in [5.74, 6) is 0.788. The van der Waals surface area contributed by atoms with Crippen LogP contribution in [0.4, 0.5) is 0 Å². The van der Waals surface area contributed by atoms with E-state index < -0.39 is 0 Å². The average molecular weight is 204 g/mol. The van der Waals surface area contributed by atoms with E-state index in [1.165, 1.54) is 5.56 Å². The summed E-state index contributed by atoms with van der Waals surface area (Å²) < 4.78 is 0.